The Balaban J connectivity index is 2.63. The molecule has 0 aliphatic carbocycles. The molecule has 1 rings (SSSR count). The van der Waals surface area contributed by atoms with Crippen molar-refractivity contribution < 1.29 is 4.79 Å². The maximum Gasteiger partial charge on any atom is 0.143 e. The lowest BCUT2D eigenvalue weighted by molar-refractivity contribution is -0.122. The molecule has 4 nitrogen and oxygen atoms in total. The van der Waals surface area contributed by atoms with Gasteiger partial charge in [-0.05, 0) is 26.8 Å². The van der Waals surface area contributed by atoms with Gasteiger partial charge in [-0.1, -0.05) is 6.92 Å². The smallest absolute Gasteiger partial charge is 0.143 e. The van der Waals surface area contributed by atoms with Gasteiger partial charge in [-0.25, -0.2) is 0 Å². The Morgan fingerprint density at radius 2 is 2.06 bits per heavy atom. The first-order chi connectivity index (χ1) is 7.41. The molecule has 1 aromatic rings. The fourth-order valence-corrected chi connectivity index (χ4v) is 1.39. The number of nitrogens with two attached hydrogens (primary N) is 1. The molecule has 2 unspecified atom stereocenters. The lowest BCUT2D eigenvalue weighted by Crippen LogP contribution is -2.31. The number of carbonyl (C=O) groups excluding carboxylic acids is 1. The number of hydrogen-bond donors (Lipinski definition) is 1. The maximum absolute atomic E-state index is 11.8. The van der Waals surface area contributed by atoms with E-state index in [1.54, 1.807) is 0 Å². The number of Topliss-reactive ketones (excluding diaryl/α,β-unsaturated/α-hetero) is 1. The largest absolute Gasteiger partial charge is 0.327 e. The summed E-state index contributed by atoms with van der Waals surface area (Å²) in [7, 11) is 0. The third kappa shape index (κ3) is 3.17. The Bertz CT molecular complexity index is 355. The molecule has 0 radical (unpaired) electrons. The van der Waals surface area contributed by atoms with Crippen LogP contribution < -0.4 is 5.73 Å². The zero-order chi connectivity index (χ0) is 12.3. The van der Waals surface area contributed by atoms with Gasteiger partial charge < -0.3 is 5.73 Å². The van der Waals surface area contributed by atoms with Crippen LogP contribution in [0.1, 0.15) is 39.4 Å². The lowest BCUT2D eigenvalue weighted by Gasteiger charge is -2.13. The molecule has 2 atom stereocenters. The molecule has 16 heavy (non-hydrogen) atoms. The first kappa shape index (κ1) is 12.9. The molecular weight excluding hydrogens is 202 g/mol. The SMILES string of the molecule is CC(N)C(C)C(=O)Cc1ccn(C(C)C)n1. The van der Waals surface area contributed by atoms with Crippen molar-refractivity contribution in [3.8, 4) is 0 Å². The van der Waals surface area contributed by atoms with Crippen molar-refractivity contribution in [2.45, 2.75) is 46.2 Å². The van der Waals surface area contributed by atoms with Crippen LogP contribution in [0.2, 0.25) is 0 Å². The first-order valence-corrected chi connectivity index (χ1v) is 5.74. The summed E-state index contributed by atoms with van der Waals surface area (Å²) < 4.78 is 1.86. The molecule has 0 aromatic carbocycles. The van der Waals surface area contributed by atoms with E-state index in [9.17, 15) is 4.79 Å². The molecule has 4 heteroatoms. The predicted molar refractivity (Wildman–Crippen MR) is 64.1 cm³/mol. The van der Waals surface area contributed by atoms with Crippen molar-refractivity contribution in [1.29, 1.82) is 0 Å². The van der Waals surface area contributed by atoms with E-state index in [-0.39, 0.29) is 17.7 Å². The van der Waals surface area contributed by atoms with Crippen molar-refractivity contribution in [3.05, 3.63) is 18.0 Å². The van der Waals surface area contributed by atoms with Crippen LogP contribution in [0.5, 0.6) is 0 Å². The normalized spacial score (nSPS) is 15.1. The molecule has 0 saturated carbocycles. The van der Waals surface area contributed by atoms with Gasteiger partial charge in [0.1, 0.15) is 5.78 Å². The van der Waals surface area contributed by atoms with Crippen molar-refractivity contribution in [3.63, 3.8) is 0 Å². The summed E-state index contributed by atoms with van der Waals surface area (Å²) in [5, 5.41) is 4.35. The Labute approximate surface area is 96.8 Å². The van der Waals surface area contributed by atoms with Gasteiger partial charge >= 0.3 is 0 Å². The quantitative estimate of drug-likeness (QED) is 0.824. The van der Waals surface area contributed by atoms with E-state index in [2.05, 4.69) is 18.9 Å². The molecule has 0 amide bonds. The van der Waals surface area contributed by atoms with Gasteiger partial charge in [0.15, 0.2) is 0 Å². The van der Waals surface area contributed by atoms with Crippen LogP contribution in [0.4, 0.5) is 0 Å². The third-order valence-corrected chi connectivity index (χ3v) is 2.84. The van der Waals surface area contributed by atoms with Gasteiger partial charge in [0.25, 0.3) is 0 Å². The summed E-state index contributed by atoms with van der Waals surface area (Å²) in [5.74, 6) is 0.0493. The van der Waals surface area contributed by atoms with Gasteiger partial charge in [0.2, 0.25) is 0 Å². The van der Waals surface area contributed by atoms with Crippen molar-refractivity contribution in [1.82, 2.24) is 9.78 Å². The van der Waals surface area contributed by atoms with Crippen molar-refractivity contribution in [2.24, 2.45) is 11.7 Å². The topological polar surface area (TPSA) is 60.9 Å². The number of aromatic nitrogens is 2. The average Bonchev–Trinajstić information content (AvgIpc) is 2.64. The third-order valence-electron chi connectivity index (χ3n) is 2.84. The Morgan fingerprint density at radius 3 is 2.50 bits per heavy atom. The fraction of sp³-hybridized carbons (Fsp3) is 0.667. The molecule has 0 fully saturated rings. The van der Waals surface area contributed by atoms with Crippen LogP contribution in [0.25, 0.3) is 0 Å². The first-order valence-electron chi connectivity index (χ1n) is 5.74. The minimum atomic E-state index is -0.107. The lowest BCUT2D eigenvalue weighted by atomic mass is 9.96. The molecule has 0 aliphatic rings. The summed E-state index contributed by atoms with van der Waals surface area (Å²) in [6, 6.07) is 2.13. The molecule has 1 aromatic heterocycles. The number of carbonyl (C=O) groups is 1. The van der Waals surface area contributed by atoms with E-state index in [4.69, 9.17) is 5.73 Å². The molecule has 0 spiro atoms. The number of ketones is 1. The zero-order valence-corrected chi connectivity index (χ0v) is 10.5. The van der Waals surface area contributed by atoms with E-state index in [0.29, 0.717) is 12.5 Å². The molecule has 0 bridgehead atoms. The fourth-order valence-electron chi connectivity index (χ4n) is 1.39. The Morgan fingerprint density at radius 1 is 1.44 bits per heavy atom. The molecule has 1 heterocycles. The Kier molecular flexibility index (Phi) is 4.24. The van der Waals surface area contributed by atoms with Gasteiger partial charge in [-0.15, -0.1) is 0 Å². The number of rotatable bonds is 5. The predicted octanol–water partition coefficient (Wildman–Crippen LogP) is 1.56. The number of hydrogen-bond acceptors (Lipinski definition) is 3. The standard InChI is InChI=1S/C12H21N3O/c1-8(2)15-6-5-11(14-15)7-12(16)9(3)10(4)13/h5-6,8-10H,7,13H2,1-4H3. The van der Waals surface area contributed by atoms with Crippen LogP contribution in [0, 0.1) is 5.92 Å². The van der Waals surface area contributed by atoms with Gasteiger partial charge in [0, 0.05) is 24.2 Å². The van der Waals surface area contributed by atoms with Gasteiger partial charge in [-0.2, -0.15) is 5.10 Å². The average molecular weight is 223 g/mol. The minimum absolute atomic E-state index is 0.0975. The van der Waals surface area contributed by atoms with Crippen molar-refractivity contribution >= 4 is 5.78 Å². The second kappa shape index (κ2) is 5.25. The molecule has 2 N–H and O–H groups in total. The second-order valence-electron chi connectivity index (χ2n) is 4.67. The van der Waals surface area contributed by atoms with Crippen molar-refractivity contribution in [2.75, 3.05) is 0 Å². The molecule has 0 aliphatic heterocycles. The van der Waals surface area contributed by atoms with Gasteiger partial charge in [0.05, 0.1) is 12.1 Å². The number of nitrogens with zero attached hydrogens (tertiary/aromatic N) is 2. The molecule has 0 saturated heterocycles. The highest BCUT2D eigenvalue weighted by Gasteiger charge is 2.18. The van der Waals surface area contributed by atoms with E-state index >= 15 is 0 Å². The highest BCUT2D eigenvalue weighted by atomic mass is 16.1. The van der Waals surface area contributed by atoms with Crippen LogP contribution in [-0.2, 0) is 11.2 Å². The summed E-state index contributed by atoms with van der Waals surface area (Å²) in [6.07, 6.45) is 2.28. The van der Waals surface area contributed by atoms with E-state index < -0.39 is 0 Å². The van der Waals surface area contributed by atoms with Crippen LogP contribution >= 0.6 is 0 Å². The zero-order valence-electron chi connectivity index (χ0n) is 10.5. The van der Waals surface area contributed by atoms with Crippen LogP contribution in [0.15, 0.2) is 12.3 Å². The second-order valence-corrected chi connectivity index (χ2v) is 4.67. The van der Waals surface area contributed by atoms with Crippen LogP contribution in [-0.4, -0.2) is 21.6 Å². The van der Waals surface area contributed by atoms with Crippen LogP contribution in [0.3, 0.4) is 0 Å². The van der Waals surface area contributed by atoms with E-state index in [1.807, 2.05) is 30.8 Å². The highest BCUT2D eigenvalue weighted by Crippen LogP contribution is 2.09. The molecule has 90 valence electrons. The summed E-state index contributed by atoms with van der Waals surface area (Å²) in [4.78, 5) is 11.8. The monoisotopic (exact) mass is 223 g/mol. The summed E-state index contributed by atoms with van der Waals surface area (Å²) >= 11 is 0. The van der Waals surface area contributed by atoms with E-state index in [0.717, 1.165) is 5.69 Å². The maximum atomic E-state index is 11.8. The summed E-state index contributed by atoms with van der Waals surface area (Å²) in [6.45, 7) is 7.84. The Hall–Kier alpha value is -1.16. The van der Waals surface area contributed by atoms with E-state index in [1.165, 1.54) is 0 Å². The summed E-state index contributed by atoms with van der Waals surface area (Å²) in [5.41, 5.74) is 6.52. The molecular formula is C12H21N3O. The van der Waals surface area contributed by atoms with Gasteiger partial charge in [-0.3, -0.25) is 9.48 Å². The minimum Gasteiger partial charge on any atom is -0.327 e. The highest BCUT2D eigenvalue weighted by molar-refractivity contribution is 5.83.